The molecule has 8 heteroatoms. The number of aromatic hydroxyl groups is 2. The number of Topliss-reactive ketones (excluding diaryl/α,β-unsaturated/α-hetero) is 1. The van der Waals surface area contributed by atoms with Gasteiger partial charge in [-0.15, -0.1) is 21.5 Å². The summed E-state index contributed by atoms with van der Waals surface area (Å²) in [5, 5.41) is 29.9. The van der Waals surface area contributed by atoms with Crippen molar-refractivity contribution in [3.05, 3.63) is 41.3 Å². The van der Waals surface area contributed by atoms with E-state index in [1.807, 2.05) is 29.0 Å². The van der Waals surface area contributed by atoms with Crippen molar-refractivity contribution in [2.45, 2.75) is 18.6 Å². The number of phenolic OH excluding ortho intramolecular Hbond substituents is 2. The van der Waals surface area contributed by atoms with Crippen molar-refractivity contribution < 1.29 is 15.0 Å². The first-order valence-electron chi connectivity index (χ1n) is 7.25. The lowest BCUT2D eigenvalue weighted by Gasteiger charge is -2.06. The average Bonchev–Trinajstić information content (AvgIpc) is 3.23. The highest BCUT2D eigenvalue weighted by Gasteiger charge is 2.16. The van der Waals surface area contributed by atoms with Gasteiger partial charge in [-0.25, -0.2) is 0 Å². The van der Waals surface area contributed by atoms with Crippen LogP contribution in [0.4, 0.5) is 0 Å². The molecule has 0 amide bonds. The minimum absolute atomic E-state index is 0.154. The van der Waals surface area contributed by atoms with Gasteiger partial charge >= 0.3 is 0 Å². The summed E-state index contributed by atoms with van der Waals surface area (Å²) in [4.78, 5) is 13.3. The highest BCUT2D eigenvalue weighted by molar-refractivity contribution is 7.99. The maximum Gasteiger partial charge on any atom is 0.191 e. The van der Waals surface area contributed by atoms with Gasteiger partial charge in [-0.2, -0.15) is 0 Å². The molecule has 3 aromatic rings. The van der Waals surface area contributed by atoms with Crippen LogP contribution in [0.1, 0.15) is 17.3 Å². The van der Waals surface area contributed by atoms with E-state index in [-0.39, 0.29) is 23.0 Å². The number of aromatic nitrogens is 3. The number of thiophene rings is 1. The second-order valence-electron chi connectivity index (χ2n) is 4.94. The molecule has 124 valence electrons. The number of hydrogen-bond acceptors (Lipinski definition) is 7. The van der Waals surface area contributed by atoms with Crippen molar-refractivity contribution in [3.63, 3.8) is 0 Å². The zero-order chi connectivity index (χ0) is 17.1. The van der Waals surface area contributed by atoms with E-state index in [4.69, 9.17) is 0 Å². The van der Waals surface area contributed by atoms with Crippen LogP contribution in [-0.2, 0) is 6.54 Å². The Bertz CT molecular complexity index is 860. The second-order valence-corrected chi connectivity index (χ2v) is 6.83. The number of hydrogen-bond donors (Lipinski definition) is 2. The molecule has 0 saturated heterocycles. The van der Waals surface area contributed by atoms with E-state index < -0.39 is 0 Å². The Morgan fingerprint density at radius 1 is 1.25 bits per heavy atom. The van der Waals surface area contributed by atoms with Crippen LogP contribution in [-0.4, -0.2) is 36.5 Å². The molecule has 2 aromatic heterocycles. The van der Waals surface area contributed by atoms with Crippen molar-refractivity contribution in [2.75, 3.05) is 5.75 Å². The summed E-state index contributed by atoms with van der Waals surface area (Å²) >= 11 is 2.90. The number of thioether (sulfide) groups is 1. The Balaban J connectivity index is 1.75. The molecule has 0 aliphatic carbocycles. The minimum atomic E-state index is -0.303. The fraction of sp³-hybridized carbons (Fsp3) is 0.188. The van der Waals surface area contributed by atoms with E-state index >= 15 is 0 Å². The molecule has 0 unspecified atom stereocenters. The molecule has 0 aliphatic heterocycles. The quantitative estimate of drug-likeness (QED) is 0.397. The van der Waals surface area contributed by atoms with Crippen molar-refractivity contribution in [3.8, 4) is 22.2 Å². The zero-order valence-corrected chi connectivity index (χ0v) is 14.5. The summed E-state index contributed by atoms with van der Waals surface area (Å²) in [6.45, 7) is 2.71. The third kappa shape index (κ3) is 3.29. The molecule has 24 heavy (non-hydrogen) atoms. The smallest absolute Gasteiger partial charge is 0.191 e. The normalized spacial score (nSPS) is 10.9. The van der Waals surface area contributed by atoms with Gasteiger partial charge in [0.1, 0.15) is 0 Å². The summed E-state index contributed by atoms with van der Waals surface area (Å²) < 4.78 is 1.97. The van der Waals surface area contributed by atoms with E-state index in [2.05, 4.69) is 10.2 Å². The van der Waals surface area contributed by atoms with E-state index in [1.165, 1.54) is 30.0 Å². The van der Waals surface area contributed by atoms with E-state index in [0.717, 1.165) is 10.7 Å². The molecule has 0 bridgehead atoms. The largest absolute Gasteiger partial charge is 0.504 e. The standard InChI is InChI=1S/C16H15N3O3S2/c1-2-19-15(14-4-3-7-23-14)17-18-16(19)24-9-13(22)10-5-6-11(20)12(21)8-10/h3-8,20-21H,2,9H2,1H3. The van der Waals surface area contributed by atoms with Crippen LogP contribution in [0.3, 0.4) is 0 Å². The topological polar surface area (TPSA) is 88.2 Å². The molecule has 0 saturated carbocycles. The molecule has 6 nitrogen and oxygen atoms in total. The number of rotatable bonds is 6. The Hall–Kier alpha value is -2.32. The molecular formula is C16H15N3O3S2. The Morgan fingerprint density at radius 3 is 2.75 bits per heavy atom. The number of nitrogens with zero attached hydrogens (tertiary/aromatic N) is 3. The van der Waals surface area contributed by atoms with Crippen LogP contribution in [0.25, 0.3) is 10.7 Å². The molecule has 2 N–H and O–H groups in total. The van der Waals surface area contributed by atoms with Crippen LogP contribution in [0.15, 0.2) is 40.9 Å². The van der Waals surface area contributed by atoms with Crippen LogP contribution in [0, 0.1) is 0 Å². The fourth-order valence-corrected chi connectivity index (χ4v) is 3.79. The highest BCUT2D eigenvalue weighted by Crippen LogP contribution is 2.29. The first kappa shape index (κ1) is 16.5. The average molecular weight is 361 g/mol. The molecular weight excluding hydrogens is 346 g/mol. The molecule has 3 rings (SSSR count). The van der Waals surface area contributed by atoms with Crippen LogP contribution in [0.5, 0.6) is 11.5 Å². The highest BCUT2D eigenvalue weighted by atomic mass is 32.2. The molecule has 0 spiro atoms. The van der Waals surface area contributed by atoms with E-state index in [0.29, 0.717) is 17.3 Å². The summed E-state index contributed by atoms with van der Waals surface area (Å²) in [5.41, 5.74) is 0.346. The van der Waals surface area contributed by atoms with Crippen LogP contribution >= 0.6 is 23.1 Å². The Kier molecular flexibility index (Phi) is 4.86. The number of phenols is 2. The first-order valence-corrected chi connectivity index (χ1v) is 9.11. The maximum absolute atomic E-state index is 12.2. The predicted molar refractivity (Wildman–Crippen MR) is 93.8 cm³/mol. The van der Waals surface area contributed by atoms with Gasteiger partial charge < -0.3 is 14.8 Å². The number of carbonyl (C=O) groups excluding carboxylic acids is 1. The Morgan fingerprint density at radius 2 is 2.08 bits per heavy atom. The number of carbonyl (C=O) groups is 1. The zero-order valence-electron chi connectivity index (χ0n) is 12.8. The van der Waals surface area contributed by atoms with Crippen molar-refractivity contribution in [2.24, 2.45) is 0 Å². The van der Waals surface area contributed by atoms with Crippen molar-refractivity contribution in [1.82, 2.24) is 14.8 Å². The van der Waals surface area contributed by atoms with Gasteiger partial charge in [0.25, 0.3) is 0 Å². The monoisotopic (exact) mass is 361 g/mol. The lowest BCUT2D eigenvalue weighted by Crippen LogP contribution is -2.05. The van der Waals surface area contributed by atoms with Gasteiger partial charge in [-0.05, 0) is 36.6 Å². The fourth-order valence-electron chi connectivity index (χ4n) is 2.18. The summed E-state index contributed by atoms with van der Waals surface area (Å²) in [6.07, 6.45) is 0. The molecule has 1 aromatic carbocycles. The van der Waals surface area contributed by atoms with Gasteiger partial charge in [0.05, 0.1) is 10.6 Å². The minimum Gasteiger partial charge on any atom is -0.504 e. The summed E-state index contributed by atoms with van der Waals surface area (Å²) in [7, 11) is 0. The van der Waals surface area contributed by atoms with Crippen LogP contribution < -0.4 is 0 Å². The first-order chi connectivity index (χ1) is 11.6. The van der Waals surface area contributed by atoms with Gasteiger partial charge in [0.2, 0.25) is 0 Å². The molecule has 2 heterocycles. The van der Waals surface area contributed by atoms with E-state index in [1.54, 1.807) is 11.3 Å². The van der Waals surface area contributed by atoms with Crippen molar-refractivity contribution >= 4 is 28.9 Å². The SMILES string of the molecule is CCn1c(SCC(=O)c2ccc(O)c(O)c2)nnc1-c1cccs1. The second kappa shape index (κ2) is 7.06. The number of benzene rings is 1. The number of ketones is 1. The maximum atomic E-state index is 12.2. The summed E-state index contributed by atoms with van der Waals surface area (Å²) in [5.74, 6) is 0.267. The Labute approximate surface area is 146 Å². The van der Waals surface area contributed by atoms with Crippen molar-refractivity contribution in [1.29, 1.82) is 0 Å². The predicted octanol–water partition coefficient (Wildman–Crippen LogP) is 3.41. The third-order valence-electron chi connectivity index (χ3n) is 3.40. The lowest BCUT2D eigenvalue weighted by atomic mass is 10.1. The van der Waals surface area contributed by atoms with Gasteiger partial charge in [-0.1, -0.05) is 17.8 Å². The van der Waals surface area contributed by atoms with E-state index in [9.17, 15) is 15.0 Å². The lowest BCUT2D eigenvalue weighted by molar-refractivity contribution is 0.102. The molecule has 0 fully saturated rings. The van der Waals surface area contributed by atoms with Crippen LogP contribution in [0.2, 0.25) is 0 Å². The van der Waals surface area contributed by atoms with Gasteiger partial charge in [0.15, 0.2) is 28.3 Å². The third-order valence-corrected chi connectivity index (χ3v) is 5.24. The molecule has 0 atom stereocenters. The van der Waals surface area contributed by atoms with Gasteiger partial charge in [0, 0.05) is 12.1 Å². The molecule has 0 radical (unpaired) electrons. The summed E-state index contributed by atoms with van der Waals surface area (Å²) in [6, 6.07) is 8.00. The van der Waals surface area contributed by atoms with Gasteiger partial charge in [-0.3, -0.25) is 4.79 Å². The molecule has 0 aliphatic rings.